The highest BCUT2D eigenvalue weighted by Gasteiger charge is 2.32. The van der Waals surface area contributed by atoms with Crippen LogP contribution >= 0.6 is 0 Å². The Labute approximate surface area is 150 Å². The monoisotopic (exact) mass is 348 g/mol. The van der Waals surface area contributed by atoms with Gasteiger partial charge in [-0.15, -0.1) is 0 Å². The molecule has 0 saturated heterocycles. The summed E-state index contributed by atoms with van der Waals surface area (Å²) in [6, 6.07) is 19.1. The molecule has 1 aliphatic heterocycles. The standard InChI is InChI=1S/C21H17FN2O2/c22-20-17-11-19(25)24(13-15-7-3-1-4-8-15)21(17)23-12-18(20)26-14-16-9-5-2-6-10-16/h1-10,12H,11,13-14H2. The molecule has 0 unspecified atom stereocenters. The van der Waals surface area contributed by atoms with Crippen molar-refractivity contribution in [3.8, 4) is 5.75 Å². The van der Waals surface area contributed by atoms with Crippen LogP contribution in [-0.4, -0.2) is 10.9 Å². The number of carbonyl (C=O) groups is 1. The van der Waals surface area contributed by atoms with Crippen molar-refractivity contribution in [1.29, 1.82) is 0 Å². The number of halogens is 1. The van der Waals surface area contributed by atoms with Gasteiger partial charge < -0.3 is 4.74 Å². The SMILES string of the molecule is O=C1Cc2c(ncc(OCc3ccccc3)c2F)N1Cc1ccccc1. The van der Waals surface area contributed by atoms with Gasteiger partial charge in [-0.1, -0.05) is 60.7 Å². The molecule has 0 spiro atoms. The lowest BCUT2D eigenvalue weighted by Crippen LogP contribution is -2.26. The summed E-state index contributed by atoms with van der Waals surface area (Å²) in [4.78, 5) is 18.2. The zero-order valence-corrected chi connectivity index (χ0v) is 14.1. The highest BCUT2D eigenvalue weighted by Crippen LogP contribution is 2.34. The molecule has 0 radical (unpaired) electrons. The van der Waals surface area contributed by atoms with E-state index in [9.17, 15) is 9.18 Å². The number of nitrogens with zero attached hydrogens (tertiary/aromatic N) is 2. The summed E-state index contributed by atoms with van der Waals surface area (Å²) in [6.07, 6.45) is 1.36. The molecule has 1 aliphatic rings. The second kappa shape index (κ2) is 6.96. The van der Waals surface area contributed by atoms with Gasteiger partial charge >= 0.3 is 0 Å². The highest BCUT2D eigenvalue weighted by atomic mass is 19.1. The van der Waals surface area contributed by atoms with Gasteiger partial charge in [-0.3, -0.25) is 9.69 Å². The summed E-state index contributed by atoms with van der Waals surface area (Å²) in [6.45, 7) is 0.628. The quantitative estimate of drug-likeness (QED) is 0.702. The maximum absolute atomic E-state index is 14.8. The molecular formula is C21H17FN2O2. The van der Waals surface area contributed by atoms with Crippen molar-refractivity contribution in [2.45, 2.75) is 19.6 Å². The van der Waals surface area contributed by atoms with Crippen molar-refractivity contribution in [3.05, 3.63) is 89.4 Å². The highest BCUT2D eigenvalue weighted by molar-refractivity contribution is 6.00. The normalized spacial score (nSPS) is 13.0. The van der Waals surface area contributed by atoms with Crippen LogP contribution < -0.4 is 9.64 Å². The Balaban J connectivity index is 1.56. The van der Waals surface area contributed by atoms with E-state index in [1.54, 1.807) is 0 Å². The van der Waals surface area contributed by atoms with Crippen LogP contribution in [0, 0.1) is 5.82 Å². The van der Waals surface area contributed by atoms with Crippen molar-refractivity contribution in [2.75, 3.05) is 4.90 Å². The fourth-order valence-electron chi connectivity index (χ4n) is 3.02. The minimum atomic E-state index is -0.505. The molecule has 0 bridgehead atoms. The third-order valence-electron chi connectivity index (χ3n) is 4.36. The number of anilines is 1. The van der Waals surface area contributed by atoms with Gasteiger partial charge in [0.05, 0.1) is 19.2 Å². The predicted octanol–water partition coefficient (Wildman–Crippen LogP) is 3.89. The first-order chi connectivity index (χ1) is 12.7. The van der Waals surface area contributed by atoms with Crippen molar-refractivity contribution in [2.24, 2.45) is 0 Å². The van der Waals surface area contributed by atoms with Crippen LogP contribution in [0.4, 0.5) is 10.2 Å². The molecule has 0 aliphatic carbocycles. The number of ether oxygens (including phenoxy) is 1. The lowest BCUT2D eigenvalue weighted by Gasteiger charge is -2.17. The Morgan fingerprint density at radius 3 is 2.35 bits per heavy atom. The number of hydrogen-bond acceptors (Lipinski definition) is 3. The Hall–Kier alpha value is -3.21. The molecule has 5 heteroatoms. The fraction of sp³-hybridized carbons (Fsp3) is 0.143. The Morgan fingerprint density at radius 2 is 1.65 bits per heavy atom. The molecular weight excluding hydrogens is 331 g/mol. The van der Waals surface area contributed by atoms with Crippen LogP contribution in [0.5, 0.6) is 5.75 Å². The first-order valence-corrected chi connectivity index (χ1v) is 8.41. The van der Waals surface area contributed by atoms with Gasteiger partial charge in [-0.05, 0) is 11.1 Å². The van der Waals surface area contributed by atoms with Gasteiger partial charge in [0, 0.05) is 5.56 Å². The van der Waals surface area contributed by atoms with E-state index in [0.717, 1.165) is 11.1 Å². The summed E-state index contributed by atoms with van der Waals surface area (Å²) < 4.78 is 20.4. The Bertz CT molecular complexity index is 930. The van der Waals surface area contributed by atoms with E-state index >= 15 is 0 Å². The molecule has 2 aromatic carbocycles. The number of pyridine rings is 1. The molecule has 4 rings (SSSR count). The summed E-state index contributed by atoms with van der Waals surface area (Å²) in [5, 5.41) is 0. The average Bonchev–Trinajstić information content (AvgIpc) is 2.99. The topological polar surface area (TPSA) is 42.4 Å². The molecule has 2 heterocycles. The minimum absolute atomic E-state index is 0.00351. The van der Waals surface area contributed by atoms with Crippen LogP contribution in [0.2, 0.25) is 0 Å². The van der Waals surface area contributed by atoms with Gasteiger partial charge in [0.25, 0.3) is 0 Å². The molecule has 1 amide bonds. The number of hydrogen-bond donors (Lipinski definition) is 0. The van der Waals surface area contributed by atoms with E-state index in [4.69, 9.17) is 4.74 Å². The zero-order chi connectivity index (χ0) is 17.9. The first kappa shape index (κ1) is 16.3. The van der Waals surface area contributed by atoms with Crippen molar-refractivity contribution in [1.82, 2.24) is 4.98 Å². The molecule has 3 aromatic rings. The second-order valence-corrected chi connectivity index (χ2v) is 6.16. The molecule has 0 saturated carbocycles. The molecule has 0 fully saturated rings. The molecule has 0 atom stereocenters. The van der Waals surface area contributed by atoms with E-state index in [-0.39, 0.29) is 24.7 Å². The zero-order valence-electron chi connectivity index (χ0n) is 14.1. The summed E-state index contributed by atoms with van der Waals surface area (Å²) >= 11 is 0. The van der Waals surface area contributed by atoms with E-state index in [1.807, 2.05) is 60.7 Å². The fourth-order valence-corrected chi connectivity index (χ4v) is 3.02. The van der Waals surface area contributed by atoms with Crippen LogP contribution in [0.15, 0.2) is 66.9 Å². The van der Waals surface area contributed by atoms with Crippen LogP contribution in [-0.2, 0) is 24.4 Å². The predicted molar refractivity (Wildman–Crippen MR) is 96.3 cm³/mol. The van der Waals surface area contributed by atoms with Crippen molar-refractivity contribution >= 4 is 11.7 Å². The number of carbonyl (C=O) groups excluding carboxylic acids is 1. The number of rotatable bonds is 5. The largest absolute Gasteiger partial charge is 0.484 e. The Kier molecular flexibility index (Phi) is 4.35. The lowest BCUT2D eigenvalue weighted by molar-refractivity contribution is -0.117. The van der Waals surface area contributed by atoms with E-state index in [0.29, 0.717) is 17.9 Å². The summed E-state index contributed by atoms with van der Waals surface area (Å²) in [5.74, 6) is -0.212. The van der Waals surface area contributed by atoms with Crippen LogP contribution in [0.25, 0.3) is 0 Å². The Morgan fingerprint density at radius 1 is 1.00 bits per heavy atom. The average molecular weight is 348 g/mol. The van der Waals surface area contributed by atoms with E-state index < -0.39 is 5.82 Å². The third kappa shape index (κ3) is 3.16. The molecule has 4 nitrogen and oxygen atoms in total. The smallest absolute Gasteiger partial charge is 0.233 e. The van der Waals surface area contributed by atoms with Crippen molar-refractivity contribution in [3.63, 3.8) is 0 Å². The molecule has 26 heavy (non-hydrogen) atoms. The maximum Gasteiger partial charge on any atom is 0.233 e. The van der Waals surface area contributed by atoms with Gasteiger partial charge in [0.2, 0.25) is 5.91 Å². The summed E-state index contributed by atoms with van der Waals surface area (Å²) in [5.41, 5.74) is 2.21. The van der Waals surface area contributed by atoms with Crippen molar-refractivity contribution < 1.29 is 13.9 Å². The maximum atomic E-state index is 14.8. The molecule has 130 valence electrons. The second-order valence-electron chi connectivity index (χ2n) is 6.16. The lowest BCUT2D eigenvalue weighted by atomic mass is 10.2. The van der Waals surface area contributed by atoms with Gasteiger partial charge in [-0.25, -0.2) is 9.37 Å². The number of amides is 1. The van der Waals surface area contributed by atoms with Crippen LogP contribution in [0.3, 0.4) is 0 Å². The summed E-state index contributed by atoms with van der Waals surface area (Å²) in [7, 11) is 0. The molecule has 0 N–H and O–H groups in total. The first-order valence-electron chi connectivity index (χ1n) is 8.41. The minimum Gasteiger partial charge on any atom is -0.484 e. The van der Waals surface area contributed by atoms with Gasteiger partial charge in [0.1, 0.15) is 12.4 Å². The van der Waals surface area contributed by atoms with Crippen LogP contribution in [0.1, 0.15) is 16.7 Å². The third-order valence-corrected chi connectivity index (χ3v) is 4.36. The van der Waals surface area contributed by atoms with E-state index in [1.165, 1.54) is 11.1 Å². The number of aromatic nitrogens is 1. The van der Waals surface area contributed by atoms with E-state index in [2.05, 4.69) is 4.98 Å². The molecule has 1 aromatic heterocycles. The number of benzene rings is 2. The van der Waals surface area contributed by atoms with Gasteiger partial charge in [0.15, 0.2) is 11.6 Å². The number of fused-ring (bicyclic) bond motifs is 1. The van der Waals surface area contributed by atoms with Gasteiger partial charge in [-0.2, -0.15) is 0 Å².